The lowest BCUT2D eigenvalue weighted by Gasteiger charge is -2.13. The molecule has 11 heteroatoms. The SMILES string of the molecule is NS(=O)(=O)c1cc(NC(=O)Cc2ccccc2F)cc(OCC(F)(F)F)c1. The Labute approximate surface area is 152 Å². The van der Waals surface area contributed by atoms with Crippen molar-refractivity contribution in [3.63, 3.8) is 0 Å². The van der Waals surface area contributed by atoms with Crippen LogP contribution >= 0.6 is 0 Å². The first-order valence-corrected chi connectivity index (χ1v) is 8.89. The van der Waals surface area contributed by atoms with E-state index < -0.39 is 45.2 Å². The molecule has 2 rings (SSSR count). The third-order valence-electron chi connectivity index (χ3n) is 3.20. The van der Waals surface area contributed by atoms with E-state index in [9.17, 15) is 30.8 Å². The smallest absolute Gasteiger partial charge is 0.422 e. The first-order valence-electron chi connectivity index (χ1n) is 7.35. The summed E-state index contributed by atoms with van der Waals surface area (Å²) in [7, 11) is -4.28. The maximum absolute atomic E-state index is 13.6. The predicted octanol–water partition coefficient (Wildman–Crippen LogP) is 2.60. The van der Waals surface area contributed by atoms with E-state index in [2.05, 4.69) is 10.1 Å². The summed E-state index contributed by atoms with van der Waals surface area (Å²) in [6.45, 7) is -1.66. The van der Waals surface area contributed by atoms with Crippen LogP contribution < -0.4 is 15.2 Å². The Morgan fingerprint density at radius 1 is 1.15 bits per heavy atom. The molecule has 3 N–H and O–H groups in total. The van der Waals surface area contributed by atoms with Crippen molar-refractivity contribution >= 4 is 21.6 Å². The fourth-order valence-corrected chi connectivity index (χ4v) is 2.65. The molecule has 0 bridgehead atoms. The van der Waals surface area contributed by atoms with Gasteiger partial charge in [0, 0.05) is 17.8 Å². The summed E-state index contributed by atoms with van der Waals surface area (Å²) in [5.41, 5.74) is -0.0776. The van der Waals surface area contributed by atoms with Gasteiger partial charge in [0.15, 0.2) is 6.61 Å². The second-order valence-electron chi connectivity index (χ2n) is 5.46. The quantitative estimate of drug-likeness (QED) is 0.721. The highest BCUT2D eigenvalue weighted by molar-refractivity contribution is 7.89. The number of anilines is 1. The number of primary sulfonamides is 1. The number of carbonyl (C=O) groups excluding carboxylic acids is 1. The molecular formula is C16H14F4N2O4S. The standard InChI is InChI=1S/C16H14F4N2O4S/c17-14-4-2-1-3-10(14)5-15(23)22-11-6-12(26-9-16(18,19)20)8-13(7-11)27(21,24)25/h1-4,6-8H,5,9H2,(H,22,23)(H2,21,24,25). The number of ether oxygens (including phenoxy) is 1. The van der Waals surface area contributed by atoms with Gasteiger partial charge in [0.2, 0.25) is 15.9 Å². The van der Waals surface area contributed by atoms with Crippen LogP contribution in [0.2, 0.25) is 0 Å². The van der Waals surface area contributed by atoms with Gasteiger partial charge in [-0.25, -0.2) is 17.9 Å². The van der Waals surface area contributed by atoms with Crippen LogP contribution in [0.5, 0.6) is 5.75 Å². The Hall–Kier alpha value is -2.66. The number of benzene rings is 2. The Morgan fingerprint density at radius 2 is 1.81 bits per heavy atom. The minimum atomic E-state index is -4.65. The summed E-state index contributed by atoms with van der Waals surface area (Å²) in [4.78, 5) is 11.5. The largest absolute Gasteiger partial charge is 0.484 e. The number of hydrogen-bond donors (Lipinski definition) is 2. The zero-order chi connectivity index (χ0) is 20.2. The molecule has 2 aromatic rings. The number of hydrogen-bond acceptors (Lipinski definition) is 4. The van der Waals surface area contributed by atoms with Gasteiger partial charge in [-0.3, -0.25) is 4.79 Å². The van der Waals surface area contributed by atoms with Crippen LogP contribution in [0.25, 0.3) is 0 Å². The van der Waals surface area contributed by atoms with Crippen LogP contribution in [0.4, 0.5) is 23.2 Å². The highest BCUT2D eigenvalue weighted by atomic mass is 32.2. The van der Waals surface area contributed by atoms with E-state index in [0.29, 0.717) is 0 Å². The van der Waals surface area contributed by atoms with Crippen molar-refractivity contribution < 1.29 is 35.5 Å². The van der Waals surface area contributed by atoms with Gasteiger partial charge in [0.25, 0.3) is 0 Å². The van der Waals surface area contributed by atoms with Gasteiger partial charge >= 0.3 is 6.18 Å². The Balaban J connectivity index is 2.24. The van der Waals surface area contributed by atoms with Crippen LogP contribution in [-0.4, -0.2) is 27.1 Å². The summed E-state index contributed by atoms with van der Waals surface area (Å²) < 4.78 is 78.0. The van der Waals surface area contributed by atoms with E-state index in [4.69, 9.17) is 5.14 Å². The maximum Gasteiger partial charge on any atom is 0.422 e. The zero-order valence-electron chi connectivity index (χ0n) is 13.6. The monoisotopic (exact) mass is 406 g/mol. The number of nitrogens with one attached hydrogen (secondary N) is 1. The molecule has 1 amide bonds. The molecule has 0 unspecified atom stereocenters. The number of nitrogens with two attached hydrogens (primary N) is 1. The molecule has 0 heterocycles. The lowest BCUT2D eigenvalue weighted by Crippen LogP contribution is -2.20. The number of amides is 1. The summed E-state index contributed by atoms with van der Waals surface area (Å²) in [5, 5.41) is 7.26. The third kappa shape index (κ3) is 6.53. The lowest BCUT2D eigenvalue weighted by atomic mass is 10.1. The molecule has 0 fully saturated rings. The molecule has 146 valence electrons. The number of rotatable bonds is 6. The summed E-state index contributed by atoms with van der Waals surface area (Å²) in [6, 6.07) is 8.26. The summed E-state index contributed by atoms with van der Waals surface area (Å²) >= 11 is 0. The summed E-state index contributed by atoms with van der Waals surface area (Å²) in [5.74, 6) is -1.78. The van der Waals surface area contributed by atoms with Crippen molar-refractivity contribution in [3.05, 3.63) is 53.8 Å². The van der Waals surface area contributed by atoms with Crippen molar-refractivity contribution in [2.24, 2.45) is 5.14 Å². The van der Waals surface area contributed by atoms with Gasteiger partial charge in [-0.05, 0) is 17.7 Å². The normalized spacial score (nSPS) is 11.9. The molecular weight excluding hydrogens is 392 g/mol. The molecule has 2 aromatic carbocycles. The molecule has 0 aliphatic carbocycles. The van der Waals surface area contributed by atoms with E-state index in [1.165, 1.54) is 18.2 Å². The topological polar surface area (TPSA) is 98.5 Å². The molecule has 0 radical (unpaired) electrons. The molecule has 0 aromatic heterocycles. The molecule has 0 aliphatic rings. The van der Waals surface area contributed by atoms with Crippen molar-refractivity contribution in [2.45, 2.75) is 17.5 Å². The fraction of sp³-hybridized carbons (Fsp3) is 0.188. The number of sulfonamides is 1. The average molecular weight is 406 g/mol. The van der Waals surface area contributed by atoms with Crippen LogP contribution in [0, 0.1) is 5.82 Å². The Kier molecular flexibility index (Phi) is 6.06. The third-order valence-corrected chi connectivity index (χ3v) is 4.10. The van der Waals surface area contributed by atoms with Crippen molar-refractivity contribution in [3.8, 4) is 5.75 Å². The van der Waals surface area contributed by atoms with Gasteiger partial charge in [0.1, 0.15) is 11.6 Å². The van der Waals surface area contributed by atoms with Crippen LogP contribution in [0.3, 0.4) is 0 Å². The van der Waals surface area contributed by atoms with Gasteiger partial charge in [-0.1, -0.05) is 18.2 Å². The minimum absolute atomic E-state index is 0.0890. The molecule has 0 spiro atoms. The highest BCUT2D eigenvalue weighted by Gasteiger charge is 2.28. The molecule has 0 atom stereocenters. The Morgan fingerprint density at radius 3 is 2.41 bits per heavy atom. The first-order chi connectivity index (χ1) is 12.4. The number of carbonyl (C=O) groups is 1. The Bertz CT molecular complexity index is 946. The van der Waals surface area contributed by atoms with Crippen LogP contribution in [0.15, 0.2) is 47.4 Å². The second kappa shape index (κ2) is 7.92. The summed E-state index contributed by atoms with van der Waals surface area (Å²) in [6.07, 6.45) is -5.02. The molecule has 0 saturated heterocycles. The van der Waals surface area contributed by atoms with Gasteiger partial charge in [0.05, 0.1) is 11.3 Å². The van der Waals surface area contributed by atoms with Gasteiger partial charge < -0.3 is 10.1 Å². The molecule has 0 saturated carbocycles. The predicted molar refractivity (Wildman–Crippen MR) is 88.1 cm³/mol. The van der Waals surface area contributed by atoms with E-state index in [-0.39, 0.29) is 17.7 Å². The maximum atomic E-state index is 13.6. The average Bonchev–Trinajstić information content (AvgIpc) is 2.53. The lowest BCUT2D eigenvalue weighted by molar-refractivity contribution is -0.153. The number of alkyl halides is 3. The van der Waals surface area contributed by atoms with Crippen LogP contribution in [-0.2, 0) is 21.2 Å². The molecule has 0 aliphatic heterocycles. The van der Waals surface area contributed by atoms with Gasteiger partial charge in [-0.2, -0.15) is 13.2 Å². The van der Waals surface area contributed by atoms with E-state index >= 15 is 0 Å². The van der Waals surface area contributed by atoms with Crippen LogP contribution in [0.1, 0.15) is 5.56 Å². The second-order valence-corrected chi connectivity index (χ2v) is 7.02. The van der Waals surface area contributed by atoms with Gasteiger partial charge in [-0.15, -0.1) is 0 Å². The highest BCUT2D eigenvalue weighted by Crippen LogP contribution is 2.26. The van der Waals surface area contributed by atoms with Crippen molar-refractivity contribution in [2.75, 3.05) is 11.9 Å². The molecule has 6 nitrogen and oxygen atoms in total. The first kappa shape index (κ1) is 20.6. The fourth-order valence-electron chi connectivity index (χ4n) is 2.08. The van der Waals surface area contributed by atoms with Crippen molar-refractivity contribution in [1.29, 1.82) is 0 Å². The van der Waals surface area contributed by atoms with Crippen molar-refractivity contribution in [1.82, 2.24) is 0 Å². The molecule has 27 heavy (non-hydrogen) atoms. The zero-order valence-corrected chi connectivity index (χ0v) is 14.4. The van der Waals surface area contributed by atoms with E-state index in [0.717, 1.165) is 24.3 Å². The number of halogens is 4. The minimum Gasteiger partial charge on any atom is -0.484 e. The van der Waals surface area contributed by atoms with E-state index in [1.807, 2.05) is 0 Å². The van der Waals surface area contributed by atoms with E-state index in [1.54, 1.807) is 0 Å².